The van der Waals surface area contributed by atoms with Gasteiger partial charge in [-0.25, -0.2) is 0 Å². The van der Waals surface area contributed by atoms with E-state index in [4.69, 9.17) is 9.47 Å². The zero-order valence-corrected chi connectivity index (χ0v) is 19.0. The Bertz CT molecular complexity index is 1440. The number of nitro groups is 1. The highest BCUT2D eigenvalue weighted by atomic mass is 16.6. The standard InChI is InChI=1S/C26H18N4O6/c1-17(31)36-23-12-20(11-22(13-23)35-16-19-6-3-2-5-18(19)14-27)25(32)26(9-4-10-29-26)24-8-7-21(15-28-24)30(33)34/h2-13,15H,16H2,1H3. The summed E-state index contributed by atoms with van der Waals surface area (Å²) >= 11 is 0. The Kier molecular flexibility index (Phi) is 6.65. The van der Waals surface area contributed by atoms with Crippen molar-refractivity contribution in [2.24, 2.45) is 4.99 Å². The van der Waals surface area contributed by atoms with Crippen molar-refractivity contribution in [3.05, 3.63) is 105 Å². The Hall–Kier alpha value is -5.17. The lowest BCUT2D eigenvalue weighted by Crippen LogP contribution is -2.32. The van der Waals surface area contributed by atoms with Gasteiger partial charge in [-0.1, -0.05) is 18.2 Å². The zero-order chi connectivity index (χ0) is 25.7. The topological polar surface area (TPSA) is 145 Å². The number of carbonyl (C=O) groups is 2. The summed E-state index contributed by atoms with van der Waals surface area (Å²) in [7, 11) is 0. The number of nitrogens with zero attached hydrogens (tertiary/aromatic N) is 4. The third-order valence-corrected chi connectivity index (χ3v) is 5.33. The van der Waals surface area contributed by atoms with Gasteiger partial charge in [0.05, 0.1) is 22.2 Å². The molecule has 0 spiro atoms. The number of hydrogen-bond donors (Lipinski definition) is 0. The molecule has 2 heterocycles. The van der Waals surface area contributed by atoms with E-state index in [0.29, 0.717) is 11.1 Å². The lowest BCUT2D eigenvalue weighted by atomic mass is 9.86. The van der Waals surface area contributed by atoms with Crippen molar-refractivity contribution in [2.75, 3.05) is 0 Å². The molecule has 0 radical (unpaired) electrons. The third-order valence-electron chi connectivity index (χ3n) is 5.33. The van der Waals surface area contributed by atoms with E-state index in [9.17, 15) is 25.0 Å². The number of Topliss-reactive ketones (excluding diaryl/α,β-unsaturated/α-hetero) is 1. The lowest BCUT2D eigenvalue weighted by molar-refractivity contribution is -0.385. The van der Waals surface area contributed by atoms with Crippen molar-refractivity contribution in [1.82, 2.24) is 4.98 Å². The monoisotopic (exact) mass is 482 g/mol. The maximum atomic E-state index is 13.8. The molecule has 0 saturated heterocycles. The quantitative estimate of drug-likeness (QED) is 0.153. The van der Waals surface area contributed by atoms with Crippen LogP contribution in [0.15, 0.2) is 77.9 Å². The molecule has 4 rings (SSSR count). The van der Waals surface area contributed by atoms with Gasteiger partial charge >= 0.3 is 5.97 Å². The predicted octanol–water partition coefficient (Wildman–Crippen LogP) is 4.08. The summed E-state index contributed by atoms with van der Waals surface area (Å²) in [5, 5.41) is 20.3. The van der Waals surface area contributed by atoms with Gasteiger partial charge in [0.15, 0.2) is 5.54 Å². The second kappa shape index (κ2) is 9.99. The van der Waals surface area contributed by atoms with Crippen LogP contribution >= 0.6 is 0 Å². The smallest absolute Gasteiger partial charge is 0.308 e. The van der Waals surface area contributed by atoms with E-state index in [1.54, 1.807) is 30.3 Å². The first-order valence-electron chi connectivity index (χ1n) is 10.7. The van der Waals surface area contributed by atoms with E-state index in [1.807, 2.05) is 0 Å². The number of rotatable bonds is 8. The predicted molar refractivity (Wildman–Crippen MR) is 128 cm³/mol. The Morgan fingerprint density at radius 3 is 2.56 bits per heavy atom. The van der Waals surface area contributed by atoms with Crippen molar-refractivity contribution >= 4 is 23.7 Å². The van der Waals surface area contributed by atoms with E-state index in [1.165, 1.54) is 49.5 Å². The van der Waals surface area contributed by atoms with Gasteiger partial charge in [0, 0.05) is 36.4 Å². The van der Waals surface area contributed by atoms with Gasteiger partial charge in [-0.05, 0) is 36.4 Å². The number of nitriles is 1. The highest BCUT2D eigenvalue weighted by molar-refractivity contribution is 6.08. The largest absolute Gasteiger partial charge is 0.489 e. The highest BCUT2D eigenvalue weighted by Crippen LogP contribution is 2.36. The highest BCUT2D eigenvalue weighted by Gasteiger charge is 2.41. The summed E-state index contributed by atoms with van der Waals surface area (Å²) in [4.78, 5) is 44.3. The number of hydrogen-bond acceptors (Lipinski definition) is 9. The van der Waals surface area contributed by atoms with Gasteiger partial charge in [0.25, 0.3) is 5.69 Å². The number of carbonyl (C=O) groups excluding carboxylic acids is 2. The van der Waals surface area contributed by atoms with Crippen LogP contribution in [0.2, 0.25) is 0 Å². The molecule has 3 aromatic rings. The lowest BCUT2D eigenvalue weighted by Gasteiger charge is -2.23. The Balaban J connectivity index is 1.71. The SMILES string of the molecule is CC(=O)Oc1cc(OCc2ccccc2C#N)cc(C(=O)C2(c3ccc([N+](=O)[O-])cn3)C=CC=N2)c1. The Morgan fingerprint density at radius 2 is 1.92 bits per heavy atom. The molecule has 1 aliphatic rings. The van der Waals surface area contributed by atoms with Crippen molar-refractivity contribution in [2.45, 2.75) is 19.1 Å². The number of ketones is 1. The van der Waals surface area contributed by atoms with E-state index in [-0.39, 0.29) is 35.1 Å². The maximum Gasteiger partial charge on any atom is 0.308 e. The number of pyridine rings is 1. The Labute approximate surface area is 205 Å². The maximum absolute atomic E-state index is 13.8. The fraction of sp³-hybridized carbons (Fsp3) is 0.115. The first-order chi connectivity index (χ1) is 17.3. The van der Waals surface area contributed by atoms with Crippen molar-refractivity contribution in [1.29, 1.82) is 5.26 Å². The van der Waals surface area contributed by atoms with Crippen LogP contribution in [0.4, 0.5) is 5.69 Å². The fourth-order valence-electron chi connectivity index (χ4n) is 3.66. The summed E-state index contributed by atoms with van der Waals surface area (Å²) in [6.07, 6.45) is 5.61. The summed E-state index contributed by atoms with van der Waals surface area (Å²) in [6, 6.07) is 15.9. The normalized spacial score (nSPS) is 15.8. The molecule has 0 saturated carbocycles. The van der Waals surface area contributed by atoms with Crippen LogP contribution in [0.25, 0.3) is 0 Å². The molecule has 1 aromatic heterocycles. The molecular weight excluding hydrogens is 464 g/mol. The molecule has 1 atom stereocenters. The molecule has 1 aliphatic heterocycles. The number of esters is 1. The Morgan fingerprint density at radius 1 is 1.14 bits per heavy atom. The van der Waals surface area contributed by atoms with E-state index in [2.05, 4.69) is 16.0 Å². The average Bonchev–Trinajstić information content (AvgIpc) is 3.38. The molecule has 0 bridgehead atoms. The van der Waals surface area contributed by atoms with Crippen molar-refractivity contribution in [3.8, 4) is 17.6 Å². The van der Waals surface area contributed by atoms with Crippen molar-refractivity contribution in [3.63, 3.8) is 0 Å². The fourth-order valence-corrected chi connectivity index (χ4v) is 3.66. The minimum atomic E-state index is -1.56. The molecule has 36 heavy (non-hydrogen) atoms. The van der Waals surface area contributed by atoms with Crippen LogP contribution in [0.3, 0.4) is 0 Å². The van der Waals surface area contributed by atoms with E-state index < -0.39 is 22.2 Å². The van der Waals surface area contributed by atoms with Crippen LogP contribution in [0.1, 0.15) is 34.1 Å². The summed E-state index contributed by atoms with van der Waals surface area (Å²) in [5.74, 6) is -0.798. The second-order valence-corrected chi connectivity index (χ2v) is 7.74. The van der Waals surface area contributed by atoms with Crippen LogP contribution < -0.4 is 9.47 Å². The van der Waals surface area contributed by atoms with Gasteiger partial charge < -0.3 is 9.47 Å². The molecule has 2 aromatic carbocycles. The first kappa shape index (κ1) is 24.0. The van der Waals surface area contributed by atoms with Crippen LogP contribution in [0, 0.1) is 21.4 Å². The zero-order valence-electron chi connectivity index (χ0n) is 19.0. The van der Waals surface area contributed by atoms with Crippen LogP contribution in [-0.2, 0) is 16.9 Å². The van der Waals surface area contributed by atoms with Crippen LogP contribution in [-0.4, -0.2) is 27.9 Å². The molecule has 178 valence electrons. The number of aliphatic imine (C=N–C) groups is 1. The minimum absolute atomic E-state index is 0.0357. The molecule has 0 aliphatic carbocycles. The van der Waals surface area contributed by atoms with E-state index >= 15 is 0 Å². The minimum Gasteiger partial charge on any atom is -0.489 e. The summed E-state index contributed by atoms with van der Waals surface area (Å²) < 4.78 is 11.1. The molecule has 10 nitrogen and oxygen atoms in total. The summed E-state index contributed by atoms with van der Waals surface area (Å²) in [5.41, 5.74) is -0.404. The molecule has 0 amide bonds. The number of aromatic nitrogens is 1. The molecule has 0 fully saturated rings. The number of allylic oxidation sites excluding steroid dienone is 1. The summed E-state index contributed by atoms with van der Waals surface area (Å²) in [6.45, 7) is 1.26. The second-order valence-electron chi connectivity index (χ2n) is 7.74. The van der Waals surface area contributed by atoms with Crippen molar-refractivity contribution < 1.29 is 24.0 Å². The third kappa shape index (κ3) is 4.85. The number of ether oxygens (including phenoxy) is 2. The van der Waals surface area contributed by atoms with Gasteiger partial charge in [-0.2, -0.15) is 5.26 Å². The van der Waals surface area contributed by atoms with Gasteiger partial charge in [-0.15, -0.1) is 0 Å². The van der Waals surface area contributed by atoms with E-state index in [0.717, 1.165) is 6.20 Å². The van der Waals surface area contributed by atoms with Crippen LogP contribution in [0.5, 0.6) is 11.5 Å². The first-order valence-corrected chi connectivity index (χ1v) is 10.7. The van der Waals surface area contributed by atoms with Gasteiger partial charge in [0.2, 0.25) is 5.78 Å². The van der Waals surface area contributed by atoms with Gasteiger partial charge in [-0.3, -0.25) is 29.7 Å². The molecule has 10 heteroatoms. The average molecular weight is 482 g/mol. The molecule has 0 N–H and O–H groups in total. The molecular formula is C26H18N4O6. The number of benzene rings is 2. The molecule has 1 unspecified atom stereocenters. The van der Waals surface area contributed by atoms with Gasteiger partial charge in [0.1, 0.15) is 24.3 Å².